The van der Waals surface area contributed by atoms with Crippen LogP contribution in [0.15, 0.2) is 60.7 Å². The van der Waals surface area contributed by atoms with Gasteiger partial charge < -0.3 is 5.32 Å². The Balaban J connectivity index is 2.06. The van der Waals surface area contributed by atoms with Crippen LogP contribution in [0.4, 0.5) is 0 Å². The average molecular weight is 293 g/mol. The number of hydrogen-bond acceptors (Lipinski definition) is 2. The van der Waals surface area contributed by atoms with E-state index in [2.05, 4.69) is 11.9 Å². The fourth-order valence-corrected chi connectivity index (χ4v) is 2.05. The number of rotatable bonds is 5. The fraction of sp³-hybridized carbons (Fsp3) is 0.158. The van der Waals surface area contributed by atoms with Crippen LogP contribution >= 0.6 is 0 Å². The van der Waals surface area contributed by atoms with Crippen LogP contribution in [-0.2, 0) is 11.3 Å². The summed E-state index contributed by atoms with van der Waals surface area (Å²) >= 11 is 0. The van der Waals surface area contributed by atoms with E-state index in [1.807, 2.05) is 48.5 Å². The highest BCUT2D eigenvalue weighted by molar-refractivity contribution is 5.94. The van der Waals surface area contributed by atoms with Crippen LogP contribution in [0, 0.1) is 0 Å². The maximum absolute atomic E-state index is 11.5. The Bertz CT molecular complexity index is 697. The molecule has 0 aliphatic heterocycles. The first-order valence-corrected chi connectivity index (χ1v) is 7.11. The van der Waals surface area contributed by atoms with Crippen molar-refractivity contribution in [1.82, 2.24) is 5.32 Å². The van der Waals surface area contributed by atoms with E-state index in [9.17, 15) is 9.59 Å². The van der Waals surface area contributed by atoms with E-state index in [-0.39, 0.29) is 11.7 Å². The molecular formula is C19H19NO2. The third-order valence-electron chi connectivity index (χ3n) is 3.42. The zero-order valence-electron chi connectivity index (χ0n) is 12.8. The zero-order valence-corrected chi connectivity index (χ0v) is 12.8. The molecule has 0 aliphatic carbocycles. The van der Waals surface area contributed by atoms with Crippen LogP contribution in [0.2, 0.25) is 0 Å². The number of hydrogen-bond donors (Lipinski definition) is 1. The topological polar surface area (TPSA) is 46.2 Å². The molecule has 1 amide bonds. The second-order valence-corrected chi connectivity index (χ2v) is 5.29. The van der Waals surface area contributed by atoms with Gasteiger partial charge in [0.2, 0.25) is 5.91 Å². The van der Waals surface area contributed by atoms with Crippen molar-refractivity contribution in [1.29, 1.82) is 0 Å². The normalized spacial score (nSPS) is 10.1. The molecule has 2 aromatic carbocycles. The van der Waals surface area contributed by atoms with E-state index in [0.717, 1.165) is 16.7 Å². The van der Waals surface area contributed by atoms with Gasteiger partial charge in [0.25, 0.3) is 0 Å². The van der Waals surface area contributed by atoms with Crippen LogP contribution in [0.5, 0.6) is 0 Å². The summed E-state index contributed by atoms with van der Waals surface area (Å²) in [5.41, 5.74) is 4.37. The number of carbonyl (C=O) groups is 2. The van der Waals surface area contributed by atoms with Gasteiger partial charge in [0, 0.05) is 17.7 Å². The molecule has 0 aliphatic rings. The van der Waals surface area contributed by atoms with Crippen molar-refractivity contribution >= 4 is 11.7 Å². The predicted octanol–water partition coefficient (Wildman–Crippen LogP) is 3.75. The molecule has 2 aromatic rings. The summed E-state index contributed by atoms with van der Waals surface area (Å²) < 4.78 is 0. The minimum Gasteiger partial charge on any atom is -0.348 e. The maximum Gasteiger partial charge on any atom is 0.246 e. The molecule has 0 heterocycles. The Labute approximate surface area is 130 Å². The van der Waals surface area contributed by atoms with E-state index >= 15 is 0 Å². The van der Waals surface area contributed by atoms with Crippen molar-refractivity contribution in [3.63, 3.8) is 0 Å². The maximum atomic E-state index is 11.5. The van der Waals surface area contributed by atoms with Crippen LogP contribution in [0.1, 0.15) is 29.8 Å². The molecule has 3 heteroatoms. The highest BCUT2D eigenvalue weighted by Gasteiger charge is 2.03. The summed E-state index contributed by atoms with van der Waals surface area (Å²) in [7, 11) is 0. The lowest BCUT2D eigenvalue weighted by molar-refractivity contribution is -0.117. The lowest BCUT2D eigenvalue weighted by Crippen LogP contribution is -2.22. The van der Waals surface area contributed by atoms with Gasteiger partial charge in [0.05, 0.1) is 0 Å². The van der Waals surface area contributed by atoms with Crippen molar-refractivity contribution in [2.75, 3.05) is 0 Å². The van der Waals surface area contributed by atoms with Crippen molar-refractivity contribution in [3.8, 4) is 11.1 Å². The molecule has 22 heavy (non-hydrogen) atoms. The average Bonchev–Trinajstić information content (AvgIpc) is 2.53. The number of ketones is 1. The molecule has 0 bridgehead atoms. The Kier molecular flexibility index (Phi) is 4.89. The number of benzene rings is 2. The van der Waals surface area contributed by atoms with E-state index in [0.29, 0.717) is 17.7 Å². The fourth-order valence-electron chi connectivity index (χ4n) is 2.05. The van der Waals surface area contributed by atoms with Gasteiger partial charge in [-0.15, -0.1) is 0 Å². The summed E-state index contributed by atoms with van der Waals surface area (Å²) in [5.74, 6) is -0.0703. The van der Waals surface area contributed by atoms with E-state index in [1.165, 1.54) is 0 Å². The van der Waals surface area contributed by atoms with E-state index < -0.39 is 0 Å². The van der Waals surface area contributed by atoms with Crippen molar-refractivity contribution in [2.24, 2.45) is 0 Å². The first-order valence-electron chi connectivity index (χ1n) is 7.11. The van der Waals surface area contributed by atoms with Crippen LogP contribution in [0.25, 0.3) is 11.1 Å². The summed E-state index contributed by atoms with van der Waals surface area (Å²) in [6.07, 6.45) is 0. The highest BCUT2D eigenvalue weighted by atomic mass is 16.1. The molecule has 0 fully saturated rings. The number of nitrogens with one attached hydrogen (secondary N) is 1. The van der Waals surface area contributed by atoms with Crippen LogP contribution in [-0.4, -0.2) is 11.7 Å². The Morgan fingerprint density at radius 1 is 0.909 bits per heavy atom. The number of carbonyl (C=O) groups excluding carboxylic acids is 2. The molecule has 0 saturated heterocycles. The van der Waals surface area contributed by atoms with Crippen molar-refractivity contribution < 1.29 is 9.59 Å². The van der Waals surface area contributed by atoms with Gasteiger partial charge in [0.1, 0.15) is 0 Å². The van der Waals surface area contributed by atoms with Gasteiger partial charge in [-0.3, -0.25) is 9.59 Å². The molecular weight excluding hydrogens is 274 g/mol. The molecule has 0 radical (unpaired) electrons. The van der Waals surface area contributed by atoms with E-state index in [1.54, 1.807) is 13.8 Å². The summed E-state index contributed by atoms with van der Waals surface area (Å²) in [6.45, 7) is 7.33. The smallest absolute Gasteiger partial charge is 0.246 e. The standard InChI is InChI=1S/C19H19NO2/c1-13(2)19(22)20-12-15-4-6-17(7-5-15)18-10-8-16(9-11-18)14(3)21/h4-11H,1,12H2,2-3H3,(H,20,22). The third kappa shape index (κ3) is 3.92. The summed E-state index contributed by atoms with van der Waals surface area (Å²) in [5, 5.41) is 2.80. The molecule has 2 rings (SSSR count). The van der Waals surface area contributed by atoms with Gasteiger partial charge >= 0.3 is 0 Å². The molecule has 112 valence electrons. The lowest BCUT2D eigenvalue weighted by atomic mass is 10.0. The summed E-state index contributed by atoms with van der Waals surface area (Å²) in [6, 6.07) is 15.5. The molecule has 0 aromatic heterocycles. The molecule has 0 saturated carbocycles. The van der Waals surface area contributed by atoms with Crippen LogP contribution < -0.4 is 5.32 Å². The van der Waals surface area contributed by atoms with Gasteiger partial charge in [-0.2, -0.15) is 0 Å². The van der Waals surface area contributed by atoms with Gasteiger partial charge in [-0.05, 0) is 30.5 Å². The zero-order chi connectivity index (χ0) is 16.1. The van der Waals surface area contributed by atoms with E-state index in [4.69, 9.17) is 0 Å². The SMILES string of the molecule is C=C(C)C(=O)NCc1ccc(-c2ccc(C(C)=O)cc2)cc1. The Hall–Kier alpha value is -2.68. The largest absolute Gasteiger partial charge is 0.348 e. The lowest BCUT2D eigenvalue weighted by Gasteiger charge is -2.07. The third-order valence-corrected chi connectivity index (χ3v) is 3.42. The molecule has 0 spiro atoms. The minimum absolute atomic E-state index is 0.0650. The first-order chi connectivity index (χ1) is 10.5. The Morgan fingerprint density at radius 2 is 1.41 bits per heavy atom. The highest BCUT2D eigenvalue weighted by Crippen LogP contribution is 2.20. The Morgan fingerprint density at radius 3 is 1.86 bits per heavy atom. The van der Waals surface area contributed by atoms with Crippen molar-refractivity contribution in [3.05, 3.63) is 71.8 Å². The van der Waals surface area contributed by atoms with Crippen LogP contribution in [0.3, 0.4) is 0 Å². The second-order valence-electron chi connectivity index (χ2n) is 5.29. The van der Waals surface area contributed by atoms with Gasteiger partial charge in [-0.1, -0.05) is 55.1 Å². The first kappa shape index (κ1) is 15.7. The monoisotopic (exact) mass is 293 g/mol. The predicted molar refractivity (Wildman–Crippen MR) is 88.5 cm³/mol. The minimum atomic E-state index is -0.135. The number of amides is 1. The van der Waals surface area contributed by atoms with Gasteiger partial charge in [-0.25, -0.2) is 0 Å². The molecule has 0 atom stereocenters. The second kappa shape index (κ2) is 6.85. The molecule has 1 N–H and O–H groups in total. The van der Waals surface area contributed by atoms with Gasteiger partial charge in [0.15, 0.2) is 5.78 Å². The quantitative estimate of drug-likeness (QED) is 0.674. The molecule has 0 unspecified atom stereocenters. The van der Waals surface area contributed by atoms with Crippen molar-refractivity contribution in [2.45, 2.75) is 20.4 Å². The molecule has 3 nitrogen and oxygen atoms in total. The number of Topliss-reactive ketones (excluding diaryl/α,β-unsaturated/α-hetero) is 1. The summed E-state index contributed by atoms with van der Waals surface area (Å²) in [4.78, 5) is 22.7.